The smallest absolute Gasteiger partial charge is 0.226 e. The van der Waals surface area contributed by atoms with Gasteiger partial charge in [0.05, 0.1) is 10.6 Å². The number of rotatable bonds is 1. The molecule has 1 heterocycles. The van der Waals surface area contributed by atoms with E-state index in [1.165, 1.54) is 0 Å². The van der Waals surface area contributed by atoms with Crippen molar-refractivity contribution in [3.05, 3.63) is 28.3 Å². The zero-order valence-corrected chi connectivity index (χ0v) is 7.50. The molecule has 0 saturated carbocycles. The molecule has 0 amide bonds. The Morgan fingerprint density at radius 3 is 2.13 bits per heavy atom. The van der Waals surface area contributed by atoms with E-state index in [0.717, 1.165) is 0 Å². The average Bonchev–Trinajstić information content (AvgIpc) is 2.05. The van der Waals surface area contributed by atoms with Gasteiger partial charge in [-0.3, -0.25) is 0 Å². The molecule has 15 heavy (non-hydrogen) atoms. The molecule has 0 fully saturated rings. The fourth-order valence-electron chi connectivity index (χ4n) is 0.961. The first kappa shape index (κ1) is 12.1. The molecule has 0 N–H and O–H groups in total. The highest BCUT2D eigenvalue weighted by Gasteiger charge is 2.41. The predicted octanol–water partition coefficient (Wildman–Crippen LogP) is 3.83. The van der Waals surface area contributed by atoms with Gasteiger partial charge in [-0.2, -0.15) is 17.6 Å². The molecular weight excluding hydrogens is 248 g/mol. The lowest BCUT2D eigenvalue weighted by atomic mass is 10.1. The molecule has 0 spiro atoms. The molecular formula is C7H2ClF6N. The van der Waals surface area contributed by atoms with Crippen LogP contribution in [0.5, 0.6) is 0 Å². The number of pyridine rings is 1. The molecule has 0 atom stereocenters. The number of hydrogen-bond donors (Lipinski definition) is 0. The number of nitrogens with zero attached hydrogens (tertiary/aromatic N) is 1. The molecule has 0 bridgehead atoms. The maximum Gasteiger partial charge on any atom is 0.421 e. The van der Waals surface area contributed by atoms with Gasteiger partial charge in [0, 0.05) is 6.20 Å². The summed E-state index contributed by atoms with van der Waals surface area (Å²) < 4.78 is 73.6. The zero-order valence-electron chi connectivity index (χ0n) is 6.75. The van der Waals surface area contributed by atoms with Gasteiger partial charge in [-0.25, -0.2) is 13.8 Å². The third-order valence-electron chi connectivity index (χ3n) is 1.53. The summed E-state index contributed by atoms with van der Waals surface area (Å²) in [5, 5.41) is -0.918. The normalized spacial score (nSPS) is 12.3. The van der Waals surface area contributed by atoms with Gasteiger partial charge in [0.25, 0.3) is 6.43 Å². The molecule has 0 saturated heterocycles. The third kappa shape index (κ3) is 2.34. The SMILES string of the molecule is Fc1ncc(Cl)c(C(F)F)c1C(F)(F)F. The van der Waals surface area contributed by atoms with Crippen LogP contribution in [0.4, 0.5) is 26.3 Å². The Hall–Kier alpha value is -0.980. The predicted molar refractivity (Wildman–Crippen MR) is 39.2 cm³/mol. The van der Waals surface area contributed by atoms with Crippen LogP contribution in [0, 0.1) is 5.95 Å². The minimum atomic E-state index is -5.26. The van der Waals surface area contributed by atoms with Crippen molar-refractivity contribution in [3.8, 4) is 0 Å². The highest BCUT2D eigenvalue weighted by atomic mass is 35.5. The zero-order chi connectivity index (χ0) is 11.8. The number of aromatic nitrogens is 1. The van der Waals surface area contributed by atoms with Gasteiger partial charge in [0.1, 0.15) is 5.56 Å². The van der Waals surface area contributed by atoms with E-state index in [9.17, 15) is 26.3 Å². The molecule has 1 aromatic rings. The van der Waals surface area contributed by atoms with Crippen LogP contribution >= 0.6 is 11.6 Å². The Kier molecular flexibility index (Phi) is 3.13. The second-order valence-electron chi connectivity index (χ2n) is 2.48. The van der Waals surface area contributed by atoms with E-state index >= 15 is 0 Å². The Labute approximate surface area is 84.7 Å². The summed E-state index contributed by atoms with van der Waals surface area (Å²) in [6.45, 7) is 0. The lowest BCUT2D eigenvalue weighted by Crippen LogP contribution is -2.14. The highest BCUT2D eigenvalue weighted by Crippen LogP contribution is 2.40. The summed E-state index contributed by atoms with van der Waals surface area (Å²) in [5.41, 5.74) is -3.71. The maximum atomic E-state index is 12.7. The molecule has 1 aromatic heterocycles. The molecule has 0 radical (unpaired) electrons. The minimum Gasteiger partial charge on any atom is -0.226 e. The first-order chi connectivity index (χ1) is 6.75. The number of halogens is 7. The van der Waals surface area contributed by atoms with Crippen molar-refractivity contribution >= 4 is 11.6 Å². The van der Waals surface area contributed by atoms with E-state index in [1.54, 1.807) is 0 Å². The van der Waals surface area contributed by atoms with Gasteiger partial charge >= 0.3 is 6.18 Å². The lowest BCUT2D eigenvalue weighted by molar-refractivity contribution is -0.142. The standard InChI is InChI=1S/C7H2ClF6N/c8-2-1-15-6(11)4(7(12,13)14)3(2)5(9)10/h1,5H. The molecule has 0 aliphatic heterocycles. The Bertz CT molecular complexity index is 374. The largest absolute Gasteiger partial charge is 0.421 e. The fraction of sp³-hybridized carbons (Fsp3) is 0.286. The van der Waals surface area contributed by atoms with Crippen LogP contribution in [0.3, 0.4) is 0 Å². The Balaban J connectivity index is 3.53. The summed E-state index contributed by atoms with van der Waals surface area (Å²) in [7, 11) is 0. The molecule has 1 rings (SSSR count). The summed E-state index contributed by atoms with van der Waals surface area (Å²) in [6, 6.07) is 0. The van der Waals surface area contributed by atoms with Crippen molar-refractivity contribution in [3.63, 3.8) is 0 Å². The molecule has 0 aliphatic rings. The molecule has 0 aliphatic carbocycles. The van der Waals surface area contributed by atoms with Gasteiger partial charge in [0.2, 0.25) is 5.95 Å². The maximum absolute atomic E-state index is 12.7. The second kappa shape index (κ2) is 3.88. The van der Waals surface area contributed by atoms with Crippen molar-refractivity contribution in [2.75, 3.05) is 0 Å². The van der Waals surface area contributed by atoms with Crippen LogP contribution < -0.4 is 0 Å². The summed E-state index contributed by atoms with van der Waals surface area (Å²) >= 11 is 5.09. The van der Waals surface area contributed by atoms with Gasteiger partial charge in [-0.05, 0) is 0 Å². The molecule has 8 heteroatoms. The minimum absolute atomic E-state index is 0.410. The van der Waals surface area contributed by atoms with Gasteiger partial charge in [0.15, 0.2) is 0 Å². The van der Waals surface area contributed by atoms with Crippen LogP contribution in [-0.4, -0.2) is 4.98 Å². The quantitative estimate of drug-likeness (QED) is 0.544. The van der Waals surface area contributed by atoms with E-state index in [0.29, 0.717) is 6.20 Å². The van der Waals surface area contributed by atoms with Gasteiger partial charge < -0.3 is 0 Å². The van der Waals surface area contributed by atoms with Crippen molar-refractivity contribution in [1.29, 1.82) is 0 Å². The van der Waals surface area contributed by atoms with Gasteiger partial charge in [-0.15, -0.1) is 0 Å². The Morgan fingerprint density at radius 2 is 1.80 bits per heavy atom. The Morgan fingerprint density at radius 1 is 1.27 bits per heavy atom. The van der Waals surface area contributed by atoms with Crippen LogP contribution in [0.1, 0.15) is 17.6 Å². The van der Waals surface area contributed by atoms with Crippen LogP contribution in [0.25, 0.3) is 0 Å². The van der Waals surface area contributed by atoms with E-state index in [1.807, 2.05) is 0 Å². The number of hydrogen-bond acceptors (Lipinski definition) is 1. The second-order valence-corrected chi connectivity index (χ2v) is 2.89. The van der Waals surface area contributed by atoms with E-state index in [2.05, 4.69) is 4.98 Å². The van der Waals surface area contributed by atoms with Crippen LogP contribution in [-0.2, 0) is 6.18 Å². The highest BCUT2D eigenvalue weighted by molar-refractivity contribution is 6.31. The van der Waals surface area contributed by atoms with E-state index in [-0.39, 0.29) is 0 Å². The summed E-state index contributed by atoms with van der Waals surface area (Å²) in [6.07, 6.45) is -8.37. The van der Waals surface area contributed by atoms with Gasteiger partial charge in [-0.1, -0.05) is 11.6 Å². The first-order valence-corrected chi connectivity index (χ1v) is 3.82. The average molecular weight is 250 g/mol. The number of alkyl halides is 5. The van der Waals surface area contributed by atoms with Crippen molar-refractivity contribution in [1.82, 2.24) is 4.98 Å². The third-order valence-corrected chi connectivity index (χ3v) is 1.83. The first-order valence-electron chi connectivity index (χ1n) is 3.44. The van der Waals surface area contributed by atoms with Crippen LogP contribution in [0.2, 0.25) is 5.02 Å². The van der Waals surface area contributed by atoms with E-state index < -0.39 is 34.7 Å². The van der Waals surface area contributed by atoms with Crippen molar-refractivity contribution in [2.24, 2.45) is 0 Å². The summed E-state index contributed by atoms with van der Waals surface area (Å²) in [5.74, 6) is -2.01. The van der Waals surface area contributed by atoms with Crippen molar-refractivity contribution in [2.45, 2.75) is 12.6 Å². The summed E-state index contributed by atoms with van der Waals surface area (Å²) in [4.78, 5) is 2.64. The molecule has 0 unspecified atom stereocenters. The topological polar surface area (TPSA) is 12.9 Å². The fourth-order valence-corrected chi connectivity index (χ4v) is 1.19. The van der Waals surface area contributed by atoms with Crippen molar-refractivity contribution < 1.29 is 26.3 Å². The van der Waals surface area contributed by atoms with E-state index in [4.69, 9.17) is 11.6 Å². The molecule has 0 aromatic carbocycles. The lowest BCUT2D eigenvalue weighted by Gasteiger charge is -2.13. The molecule has 84 valence electrons. The van der Waals surface area contributed by atoms with Crippen LogP contribution in [0.15, 0.2) is 6.20 Å². The monoisotopic (exact) mass is 249 g/mol. The molecule has 1 nitrogen and oxygen atoms in total.